The SMILES string of the molecule is C=CC(CNCCOc1ccc2c(C3CC3)[nH]nc2c1)c1ccc(Cl)c(NSC)c1. The highest BCUT2D eigenvalue weighted by Crippen LogP contribution is 2.42. The second-order valence-electron chi connectivity index (χ2n) is 7.53. The van der Waals surface area contributed by atoms with E-state index < -0.39 is 0 Å². The molecule has 1 heterocycles. The minimum absolute atomic E-state index is 0.200. The van der Waals surface area contributed by atoms with E-state index in [4.69, 9.17) is 16.3 Å². The Morgan fingerprint density at radius 1 is 1.33 bits per heavy atom. The van der Waals surface area contributed by atoms with E-state index in [2.05, 4.69) is 38.9 Å². The normalized spacial score (nSPS) is 14.6. The van der Waals surface area contributed by atoms with Gasteiger partial charge in [-0.2, -0.15) is 5.10 Å². The number of halogens is 1. The fourth-order valence-corrected chi connectivity index (χ4v) is 4.19. The fraction of sp³-hybridized carbons (Fsp3) is 0.348. The summed E-state index contributed by atoms with van der Waals surface area (Å²) in [5.41, 5.74) is 4.35. The Hall–Kier alpha value is -2.15. The molecule has 1 atom stereocenters. The second-order valence-corrected chi connectivity index (χ2v) is 8.55. The first-order chi connectivity index (χ1) is 14.7. The molecule has 5 nitrogen and oxygen atoms in total. The first kappa shape index (κ1) is 21.1. The Kier molecular flexibility index (Phi) is 6.87. The molecular weight excluding hydrogens is 416 g/mol. The fourth-order valence-electron chi connectivity index (χ4n) is 3.58. The van der Waals surface area contributed by atoms with Crippen molar-refractivity contribution in [2.45, 2.75) is 24.7 Å². The van der Waals surface area contributed by atoms with E-state index in [0.717, 1.165) is 35.1 Å². The average molecular weight is 443 g/mol. The van der Waals surface area contributed by atoms with Gasteiger partial charge in [-0.05, 0) is 42.7 Å². The Labute approximate surface area is 186 Å². The van der Waals surface area contributed by atoms with Gasteiger partial charge < -0.3 is 14.8 Å². The molecule has 30 heavy (non-hydrogen) atoms. The van der Waals surface area contributed by atoms with E-state index in [1.807, 2.05) is 36.6 Å². The first-order valence-corrected chi connectivity index (χ1v) is 11.8. The van der Waals surface area contributed by atoms with Crippen molar-refractivity contribution in [3.05, 3.63) is 65.3 Å². The predicted octanol–water partition coefficient (Wildman–Crippen LogP) is 5.72. The number of rotatable bonds is 11. The Bertz CT molecular complexity index is 1020. The number of hydrogen-bond donors (Lipinski definition) is 3. The summed E-state index contributed by atoms with van der Waals surface area (Å²) in [6.45, 7) is 6.12. The third kappa shape index (κ3) is 4.94. The molecule has 1 fully saturated rings. The van der Waals surface area contributed by atoms with E-state index in [-0.39, 0.29) is 5.92 Å². The van der Waals surface area contributed by atoms with E-state index in [0.29, 0.717) is 12.5 Å². The molecular formula is C23H27ClN4OS. The highest BCUT2D eigenvalue weighted by Gasteiger charge is 2.27. The zero-order valence-electron chi connectivity index (χ0n) is 17.1. The highest BCUT2D eigenvalue weighted by atomic mass is 35.5. The molecule has 4 rings (SSSR count). The Morgan fingerprint density at radius 3 is 2.97 bits per heavy atom. The average Bonchev–Trinajstić information content (AvgIpc) is 3.52. The van der Waals surface area contributed by atoms with Crippen molar-refractivity contribution in [2.75, 3.05) is 30.7 Å². The first-order valence-electron chi connectivity index (χ1n) is 10.2. The second kappa shape index (κ2) is 9.77. The molecule has 0 amide bonds. The van der Waals surface area contributed by atoms with E-state index in [1.54, 1.807) is 0 Å². The van der Waals surface area contributed by atoms with Gasteiger partial charge in [0.1, 0.15) is 12.4 Å². The number of anilines is 1. The van der Waals surface area contributed by atoms with Crippen LogP contribution in [0, 0.1) is 0 Å². The summed E-state index contributed by atoms with van der Waals surface area (Å²) in [5.74, 6) is 1.71. The molecule has 0 aliphatic heterocycles. The van der Waals surface area contributed by atoms with Crippen LogP contribution in [-0.2, 0) is 0 Å². The van der Waals surface area contributed by atoms with Crippen molar-refractivity contribution in [3.63, 3.8) is 0 Å². The number of hydrogen-bond acceptors (Lipinski definition) is 5. The Balaban J connectivity index is 1.26. The lowest BCUT2D eigenvalue weighted by Crippen LogP contribution is -2.25. The molecule has 1 saturated carbocycles. The molecule has 0 spiro atoms. The van der Waals surface area contributed by atoms with Gasteiger partial charge in [-0.1, -0.05) is 35.7 Å². The minimum atomic E-state index is 0.200. The quantitative estimate of drug-likeness (QED) is 0.201. The maximum Gasteiger partial charge on any atom is 0.121 e. The smallest absolute Gasteiger partial charge is 0.121 e. The molecule has 3 aromatic rings. The summed E-state index contributed by atoms with van der Waals surface area (Å²) in [5, 5.41) is 13.0. The van der Waals surface area contributed by atoms with Crippen LogP contribution in [0.2, 0.25) is 5.02 Å². The highest BCUT2D eigenvalue weighted by molar-refractivity contribution is 7.99. The number of H-pyrrole nitrogens is 1. The van der Waals surface area contributed by atoms with Crippen LogP contribution in [0.15, 0.2) is 49.1 Å². The van der Waals surface area contributed by atoms with Crippen LogP contribution in [0.1, 0.15) is 35.9 Å². The van der Waals surface area contributed by atoms with Crippen LogP contribution in [-0.4, -0.2) is 36.1 Å². The lowest BCUT2D eigenvalue weighted by Gasteiger charge is -2.16. The van der Waals surface area contributed by atoms with Gasteiger partial charge in [-0.25, -0.2) is 0 Å². The maximum atomic E-state index is 6.24. The Morgan fingerprint density at radius 2 is 2.20 bits per heavy atom. The molecule has 7 heteroatoms. The van der Waals surface area contributed by atoms with Gasteiger partial charge in [-0.3, -0.25) is 5.10 Å². The van der Waals surface area contributed by atoms with E-state index in [9.17, 15) is 0 Å². The zero-order chi connectivity index (χ0) is 20.9. The number of aromatic nitrogens is 2. The van der Waals surface area contributed by atoms with Crippen molar-refractivity contribution < 1.29 is 4.74 Å². The van der Waals surface area contributed by atoms with Gasteiger partial charge in [0.05, 0.1) is 16.2 Å². The monoisotopic (exact) mass is 442 g/mol. The van der Waals surface area contributed by atoms with Gasteiger partial charge in [-0.15, -0.1) is 6.58 Å². The van der Waals surface area contributed by atoms with E-state index in [1.165, 1.54) is 41.4 Å². The van der Waals surface area contributed by atoms with Gasteiger partial charge >= 0.3 is 0 Å². The predicted molar refractivity (Wildman–Crippen MR) is 128 cm³/mol. The van der Waals surface area contributed by atoms with Crippen molar-refractivity contribution >= 4 is 40.1 Å². The van der Waals surface area contributed by atoms with Crippen molar-refractivity contribution in [1.29, 1.82) is 0 Å². The van der Waals surface area contributed by atoms with Crippen molar-refractivity contribution in [1.82, 2.24) is 15.5 Å². The van der Waals surface area contributed by atoms with Crippen LogP contribution in [0.4, 0.5) is 5.69 Å². The standard InChI is InChI=1S/C23H27ClN4OS/c1-3-15(17-6-9-20(24)22(12-17)28-30-2)14-25-10-11-29-18-7-8-19-21(13-18)26-27-23(19)16-4-5-16/h3,6-9,12-13,15-16,25,28H,1,4-5,10-11,14H2,2H3,(H,26,27). The van der Waals surface area contributed by atoms with Crippen molar-refractivity contribution in [3.8, 4) is 5.75 Å². The molecule has 1 aliphatic rings. The van der Waals surface area contributed by atoms with Gasteiger partial charge in [0.15, 0.2) is 0 Å². The number of nitrogens with one attached hydrogen (secondary N) is 3. The summed E-state index contributed by atoms with van der Waals surface area (Å²) in [7, 11) is 0. The summed E-state index contributed by atoms with van der Waals surface area (Å²) >= 11 is 7.77. The summed E-state index contributed by atoms with van der Waals surface area (Å²) in [6.07, 6.45) is 6.46. The minimum Gasteiger partial charge on any atom is -0.492 e. The molecule has 2 aromatic carbocycles. The third-order valence-corrected chi connectivity index (χ3v) is 6.12. The van der Waals surface area contributed by atoms with Crippen LogP contribution >= 0.6 is 23.5 Å². The number of benzene rings is 2. The summed E-state index contributed by atoms with van der Waals surface area (Å²) < 4.78 is 9.13. The van der Waals surface area contributed by atoms with Crippen LogP contribution < -0.4 is 14.8 Å². The molecule has 1 aromatic heterocycles. The summed E-state index contributed by atoms with van der Waals surface area (Å²) in [6, 6.07) is 12.2. The van der Waals surface area contributed by atoms with Gasteiger partial charge in [0, 0.05) is 48.3 Å². The maximum absolute atomic E-state index is 6.24. The third-order valence-electron chi connectivity index (χ3n) is 5.37. The molecule has 3 N–H and O–H groups in total. The molecule has 0 saturated heterocycles. The number of fused-ring (bicyclic) bond motifs is 1. The number of nitrogens with zero attached hydrogens (tertiary/aromatic N) is 1. The van der Waals surface area contributed by atoms with Gasteiger partial charge in [0.2, 0.25) is 0 Å². The molecule has 158 valence electrons. The lowest BCUT2D eigenvalue weighted by atomic mass is 9.98. The molecule has 1 aliphatic carbocycles. The molecule has 0 radical (unpaired) electrons. The number of ether oxygens (including phenoxy) is 1. The largest absolute Gasteiger partial charge is 0.492 e. The van der Waals surface area contributed by atoms with Gasteiger partial charge in [0.25, 0.3) is 0 Å². The molecule has 0 bridgehead atoms. The van der Waals surface area contributed by atoms with Crippen LogP contribution in [0.3, 0.4) is 0 Å². The number of aromatic amines is 1. The van der Waals surface area contributed by atoms with Crippen LogP contribution in [0.5, 0.6) is 5.75 Å². The van der Waals surface area contributed by atoms with Crippen molar-refractivity contribution in [2.24, 2.45) is 0 Å². The summed E-state index contributed by atoms with van der Waals surface area (Å²) in [4.78, 5) is 0. The zero-order valence-corrected chi connectivity index (χ0v) is 18.7. The van der Waals surface area contributed by atoms with Crippen LogP contribution in [0.25, 0.3) is 10.9 Å². The lowest BCUT2D eigenvalue weighted by molar-refractivity contribution is 0.314. The van der Waals surface area contributed by atoms with E-state index >= 15 is 0 Å². The topological polar surface area (TPSA) is 62.0 Å². The molecule has 1 unspecified atom stereocenters.